The number of benzene rings is 3. The van der Waals surface area contributed by atoms with E-state index in [0.717, 1.165) is 35.7 Å². The van der Waals surface area contributed by atoms with Gasteiger partial charge in [-0.25, -0.2) is 17.2 Å². The molecule has 0 radical (unpaired) electrons. The third-order valence-corrected chi connectivity index (χ3v) is 10.4. The number of hydrogen-bond donors (Lipinski definition) is 4. The Kier molecular flexibility index (Phi) is 16.1. The van der Waals surface area contributed by atoms with Crippen molar-refractivity contribution < 1.29 is 36.6 Å². The summed E-state index contributed by atoms with van der Waals surface area (Å²) >= 11 is 0. The zero-order valence-electron chi connectivity index (χ0n) is 28.5. The molecule has 9 nitrogen and oxygen atoms in total. The molecule has 49 heavy (non-hydrogen) atoms. The van der Waals surface area contributed by atoms with Gasteiger partial charge < -0.3 is 25.8 Å². The first-order chi connectivity index (χ1) is 23.4. The van der Waals surface area contributed by atoms with E-state index in [1.807, 2.05) is 45.0 Å². The summed E-state index contributed by atoms with van der Waals surface area (Å²) in [4.78, 5) is 26.9. The van der Waals surface area contributed by atoms with Gasteiger partial charge in [-0.2, -0.15) is 0 Å². The van der Waals surface area contributed by atoms with Gasteiger partial charge in [-0.05, 0) is 66.6 Å². The molecule has 0 aliphatic carbocycles. The highest BCUT2D eigenvalue weighted by Crippen LogP contribution is 2.18. The minimum Gasteiger partial charge on any atom is -0.484 e. The lowest BCUT2D eigenvalue weighted by Gasteiger charge is -2.28. The lowest BCUT2D eigenvalue weighted by Crippen LogP contribution is -2.57. The number of carbonyl (C=O) groups is 2. The molecule has 0 saturated heterocycles. The molecule has 2 amide bonds. The van der Waals surface area contributed by atoms with E-state index < -0.39 is 69.1 Å². The molecule has 3 aromatic carbocycles. The highest BCUT2D eigenvalue weighted by molar-refractivity contribution is 7.92. The van der Waals surface area contributed by atoms with Gasteiger partial charge in [0.1, 0.15) is 23.4 Å². The van der Waals surface area contributed by atoms with Gasteiger partial charge in [0.15, 0.2) is 16.4 Å². The Morgan fingerprint density at radius 1 is 0.837 bits per heavy atom. The average Bonchev–Trinajstić information content (AvgIpc) is 3.06. The summed E-state index contributed by atoms with van der Waals surface area (Å²) in [7, 11) is -3.87. The second-order valence-corrected chi connectivity index (χ2v) is 14.5. The van der Waals surface area contributed by atoms with Crippen LogP contribution in [0.25, 0.3) is 0 Å². The van der Waals surface area contributed by atoms with Crippen molar-refractivity contribution in [3.63, 3.8) is 0 Å². The lowest BCUT2D eigenvalue weighted by molar-refractivity contribution is -0.130. The fourth-order valence-electron chi connectivity index (χ4n) is 5.62. The smallest absolute Gasteiger partial charge is 0.258 e. The van der Waals surface area contributed by atoms with Crippen LogP contribution in [0, 0.1) is 11.6 Å². The normalized spacial score (nSPS) is 13.4. The van der Waals surface area contributed by atoms with Crippen LogP contribution in [0.2, 0.25) is 0 Å². The largest absolute Gasteiger partial charge is 0.484 e. The Morgan fingerprint density at radius 2 is 1.49 bits per heavy atom. The van der Waals surface area contributed by atoms with Crippen molar-refractivity contribution in [2.75, 3.05) is 18.9 Å². The summed E-state index contributed by atoms with van der Waals surface area (Å²) in [5, 5.41) is 18.9. The summed E-state index contributed by atoms with van der Waals surface area (Å²) in [6.07, 6.45) is 1.46. The number of ether oxygens (including phenoxy) is 1. The van der Waals surface area contributed by atoms with Crippen molar-refractivity contribution in [3.05, 3.63) is 101 Å². The van der Waals surface area contributed by atoms with Gasteiger partial charge >= 0.3 is 0 Å². The number of aliphatic hydroxyl groups excluding tert-OH is 1. The highest BCUT2D eigenvalue weighted by atomic mass is 32.2. The van der Waals surface area contributed by atoms with Crippen molar-refractivity contribution in [2.24, 2.45) is 0 Å². The lowest BCUT2D eigenvalue weighted by atomic mass is 10.00. The monoisotopic (exact) mass is 701 g/mol. The number of nitrogens with one attached hydrogen (secondary N) is 3. The van der Waals surface area contributed by atoms with Crippen LogP contribution in [-0.2, 0) is 38.8 Å². The van der Waals surface area contributed by atoms with Crippen molar-refractivity contribution in [1.82, 2.24) is 16.0 Å². The van der Waals surface area contributed by atoms with Crippen molar-refractivity contribution in [3.8, 4) is 5.75 Å². The number of carbonyl (C=O) groups excluding carboxylic acids is 2. The Balaban J connectivity index is 1.84. The SMILES string of the molecule is CCCC(CCC)S(=O)(=O)CC(NC(=O)COc1ccccc1)C(=O)N[C@@H](Cc1cc(F)cc(F)c1)[C@H](O)CNCc1cccc(CC)c1. The van der Waals surface area contributed by atoms with Crippen LogP contribution in [0.3, 0.4) is 0 Å². The minimum atomic E-state index is -3.87. The molecule has 3 atom stereocenters. The van der Waals surface area contributed by atoms with Gasteiger partial charge in [-0.3, -0.25) is 9.59 Å². The fraction of sp³-hybridized carbons (Fsp3) is 0.459. The van der Waals surface area contributed by atoms with Crippen molar-refractivity contribution >= 4 is 21.7 Å². The third kappa shape index (κ3) is 13.5. The molecule has 0 aromatic heterocycles. The van der Waals surface area contributed by atoms with Crippen LogP contribution >= 0.6 is 0 Å². The zero-order valence-corrected chi connectivity index (χ0v) is 29.3. The van der Waals surface area contributed by atoms with E-state index in [-0.39, 0.29) is 18.5 Å². The summed E-state index contributed by atoms with van der Waals surface area (Å²) in [5.41, 5.74) is 2.31. The molecule has 0 aliphatic heterocycles. The van der Waals surface area contributed by atoms with Crippen LogP contribution < -0.4 is 20.7 Å². The van der Waals surface area contributed by atoms with Gasteiger partial charge in [-0.15, -0.1) is 0 Å². The van der Waals surface area contributed by atoms with E-state index in [1.54, 1.807) is 30.3 Å². The summed E-state index contributed by atoms with van der Waals surface area (Å²) in [6, 6.07) is 16.7. The Labute approximate surface area is 288 Å². The van der Waals surface area contributed by atoms with Crippen LogP contribution in [0.15, 0.2) is 72.8 Å². The predicted octanol–water partition coefficient (Wildman–Crippen LogP) is 4.65. The average molecular weight is 702 g/mol. The maximum absolute atomic E-state index is 14.1. The molecule has 0 saturated carbocycles. The Hall–Kier alpha value is -3.87. The van der Waals surface area contributed by atoms with E-state index in [4.69, 9.17) is 4.74 Å². The van der Waals surface area contributed by atoms with E-state index in [9.17, 15) is 31.9 Å². The number of aryl methyl sites for hydroxylation is 1. The number of sulfone groups is 1. The standard InChI is InChI=1S/C37H49F2N3O6S/c1-4-11-32(12-5-2)49(46,47)25-34(41-36(44)24-48-31-15-8-7-9-16-31)37(45)42-33(20-28-18-29(38)21-30(39)19-28)35(43)23-40-22-27-14-10-13-26(6-3)17-27/h7-10,13-19,21,32-35,40,43H,4-6,11-12,20,22-25H2,1-3H3,(H,41,44)(H,42,45)/t33-,34?,35+/m0/s1. The molecule has 0 fully saturated rings. The summed E-state index contributed by atoms with van der Waals surface area (Å²) in [6.45, 7) is 5.73. The zero-order chi connectivity index (χ0) is 35.8. The molecule has 0 aliphatic rings. The Morgan fingerprint density at radius 3 is 2.12 bits per heavy atom. The maximum atomic E-state index is 14.1. The van der Waals surface area contributed by atoms with Gasteiger partial charge in [0.2, 0.25) is 5.91 Å². The first-order valence-electron chi connectivity index (χ1n) is 16.8. The number of hydrogen-bond acceptors (Lipinski definition) is 7. The quantitative estimate of drug-likeness (QED) is 0.127. The molecule has 4 N–H and O–H groups in total. The predicted molar refractivity (Wildman–Crippen MR) is 187 cm³/mol. The van der Waals surface area contributed by atoms with Gasteiger partial charge in [0.25, 0.3) is 5.91 Å². The van der Waals surface area contributed by atoms with E-state index >= 15 is 0 Å². The van der Waals surface area contributed by atoms with Crippen molar-refractivity contribution in [1.29, 1.82) is 0 Å². The van der Waals surface area contributed by atoms with Crippen LogP contribution in [0.5, 0.6) is 5.75 Å². The number of halogens is 2. The molecule has 12 heteroatoms. The van der Waals surface area contributed by atoms with Gasteiger partial charge in [0, 0.05) is 19.2 Å². The van der Waals surface area contributed by atoms with Crippen LogP contribution in [0.4, 0.5) is 8.78 Å². The van der Waals surface area contributed by atoms with Crippen LogP contribution in [0.1, 0.15) is 63.1 Å². The maximum Gasteiger partial charge on any atom is 0.258 e. The van der Waals surface area contributed by atoms with E-state index in [2.05, 4.69) is 16.0 Å². The summed E-state index contributed by atoms with van der Waals surface area (Å²) in [5.74, 6) is -3.49. The molecule has 0 bridgehead atoms. The molecule has 3 rings (SSSR count). The molecule has 3 aromatic rings. The molecular formula is C37H49F2N3O6S. The van der Waals surface area contributed by atoms with Gasteiger partial charge in [-0.1, -0.05) is 76.1 Å². The molecule has 0 heterocycles. The van der Waals surface area contributed by atoms with E-state index in [0.29, 0.717) is 38.0 Å². The summed E-state index contributed by atoms with van der Waals surface area (Å²) < 4.78 is 60.9. The number of amides is 2. The third-order valence-electron chi connectivity index (χ3n) is 8.15. The first-order valence-corrected chi connectivity index (χ1v) is 18.6. The number of para-hydroxylation sites is 1. The second kappa shape index (κ2) is 20.0. The number of aliphatic hydroxyl groups is 1. The minimum absolute atomic E-state index is 0.00554. The second-order valence-electron chi connectivity index (χ2n) is 12.2. The molecule has 268 valence electrons. The molecule has 0 spiro atoms. The topological polar surface area (TPSA) is 134 Å². The molecular weight excluding hydrogens is 652 g/mol. The Bertz CT molecular complexity index is 1570. The first kappa shape index (κ1) is 39.6. The molecule has 1 unspecified atom stereocenters. The number of rotatable bonds is 21. The van der Waals surface area contributed by atoms with E-state index in [1.165, 1.54) is 0 Å². The van der Waals surface area contributed by atoms with Crippen molar-refractivity contribution in [2.45, 2.75) is 89.3 Å². The van der Waals surface area contributed by atoms with Gasteiger partial charge in [0.05, 0.1) is 23.1 Å². The highest BCUT2D eigenvalue weighted by Gasteiger charge is 2.34. The fourth-order valence-corrected chi connectivity index (χ4v) is 7.78. The van der Waals surface area contributed by atoms with Crippen LogP contribution in [-0.4, -0.2) is 67.7 Å².